The van der Waals surface area contributed by atoms with Gasteiger partial charge in [-0.1, -0.05) is 11.3 Å². The molecule has 3 heterocycles. The number of thiazole rings is 1. The number of alkyl halides is 3. The number of hydrogen-bond acceptors (Lipinski definition) is 8. The Morgan fingerprint density at radius 1 is 1.20 bits per heavy atom. The van der Waals surface area contributed by atoms with E-state index in [1.807, 2.05) is 5.32 Å². The van der Waals surface area contributed by atoms with Crippen LogP contribution in [0.2, 0.25) is 0 Å². The first kappa shape index (κ1) is 24.0. The number of amides is 2. The van der Waals surface area contributed by atoms with Crippen LogP contribution in [0, 0.1) is 0 Å². The standard InChI is InChI=1S/C20H15F3N4O7S/c21-20(22,23)34-10-3-1-9(2-4-10)17(32)26-6-5-11-12(8-26)35-19-25-16(31)14(18(33)27(11)19)15(30)24-7-13(28)29/h1-4,31H,5-8H2,(H,24,30)(H,28,29). The molecule has 2 amide bonds. The third-order valence-electron chi connectivity index (χ3n) is 5.04. The summed E-state index contributed by atoms with van der Waals surface area (Å²) in [6.45, 7) is -0.543. The van der Waals surface area contributed by atoms with Crippen molar-refractivity contribution in [1.82, 2.24) is 19.6 Å². The van der Waals surface area contributed by atoms with Crippen molar-refractivity contribution in [1.29, 1.82) is 0 Å². The van der Waals surface area contributed by atoms with Crippen molar-refractivity contribution in [3.63, 3.8) is 0 Å². The Morgan fingerprint density at radius 3 is 2.51 bits per heavy atom. The number of halogens is 3. The molecule has 1 aliphatic heterocycles. The maximum absolute atomic E-state index is 12.9. The number of carbonyl (C=O) groups is 3. The van der Waals surface area contributed by atoms with Crippen LogP contribution in [0.3, 0.4) is 0 Å². The number of benzene rings is 1. The lowest BCUT2D eigenvalue weighted by Gasteiger charge is -2.26. The SMILES string of the molecule is O=C(O)CNC(=O)c1c(O)nc2sc3c(n2c1=O)CCN(C(=O)c1ccc(OC(F)(F)F)cc1)C3. The molecule has 1 aliphatic rings. The average molecular weight is 512 g/mol. The molecule has 11 nitrogen and oxygen atoms in total. The van der Waals surface area contributed by atoms with Crippen LogP contribution in [0.1, 0.15) is 31.3 Å². The highest BCUT2D eigenvalue weighted by molar-refractivity contribution is 7.17. The number of nitrogens with zero attached hydrogens (tertiary/aromatic N) is 3. The highest BCUT2D eigenvalue weighted by Gasteiger charge is 2.32. The van der Waals surface area contributed by atoms with Crippen LogP contribution < -0.4 is 15.6 Å². The maximum Gasteiger partial charge on any atom is 0.573 e. The molecule has 0 atom stereocenters. The fourth-order valence-electron chi connectivity index (χ4n) is 3.56. The quantitative estimate of drug-likeness (QED) is 0.464. The summed E-state index contributed by atoms with van der Waals surface area (Å²) in [4.78, 5) is 54.6. The van der Waals surface area contributed by atoms with Crippen molar-refractivity contribution in [2.45, 2.75) is 19.3 Å². The molecule has 3 aromatic rings. The Morgan fingerprint density at radius 2 is 1.89 bits per heavy atom. The van der Waals surface area contributed by atoms with Gasteiger partial charge in [0.1, 0.15) is 12.3 Å². The van der Waals surface area contributed by atoms with E-state index in [0.29, 0.717) is 10.6 Å². The lowest BCUT2D eigenvalue weighted by atomic mass is 10.1. The molecule has 0 unspecified atom stereocenters. The zero-order chi connectivity index (χ0) is 25.5. The van der Waals surface area contributed by atoms with Gasteiger partial charge in [-0.3, -0.25) is 23.6 Å². The van der Waals surface area contributed by atoms with E-state index in [4.69, 9.17) is 5.11 Å². The predicted octanol–water partition coefficient (Wildman–Crippen LogP) is 1.37. The van der Waals surface area contributed by atoms with Crippen LogP contribution in [0.5, 0.6) is 11.6 Å². The van der Waals surface area contributed by atoms with E-state index >= 15 is 0 Å². The number of ether oxygens (including phenoxy) is 1. The van der Waals surface area contributed by atoms with Crippen LogP contribution in [-0.4, -0.2) is 61.7 Å². The Labute approximate surface area is 197 Å². The van der Waals surface area contributed by atoms with Crippen LogP contribution in [0.4, 0.5) is 13.2 Å². The minimum absolute atomic E-state index is 0.0593. The predicted molar refractivity (Wildman–Crippen MR) is 113 cm³/mol. The van der Waals surface area contributed by atoms with Crippen molar-refractivity contribution in [3.05, 3.63) is 56.3 Å². The normalized spacial score (nSPS) is 13.4. The van der Waals surface area contributed by atoms with Gasteiger partial charge >= 0.3 is 12.3 Å². The number of aliphatic carboxylic acids is 1. The molecular formula is C20H15F3N4O7S. The number of aromatic hydroxyl groups is 1. The van der Waals surface area contributed by atoms with Gasteiger partial charge in [-0.15, -0.1) is 13.2 Å². The first-order valence-electron chi connectivity index (χ1n) is 9.86. The van der Waals surface area contributed by atoms with E-state index in [-0.39, 0.29) is 30.0 Å². The molecule has 3 N–H and O–H groups in total. The lowest BCUT2D eigenvalue weighted by Crippen LogP contribution is -2.37. The summed E-state index contributed by atoms with van der Waals surface area (Å²) >= 11 is 1.02. The van der Waals surface area contributed by atoms with Gasteiger partial charge in [0.2, 0.25) is 10.8 Å². The number of rotatable bonds is 5. The van der Waals surface area contributed by atoms with Gasteiger partial charge in [0.25, 0.3) is 17.4 Å². The monoisotopic (exact) mass is 512 g/mol. The molecule has 0 spiro atoms. The number of fused-ring (bicyclic) bond motifs is 3. The molecular weight excluding hydrogens is 497 g/mol. The molecule has 0 aliphatic carbocycles. The molecule has 0 saturated heterocycles. The highest BCUT2D eigenvalue weighted by atomic mass is 32.1. The second-order valence-corrected chi connectivity index (χ2v) is 8.39. The average Bonchev–Trinajstić information content (AvgIpc) is 3.14. The molecule has 2 aromatic heterocycles. The third kappa shape index (κ3) is 4.89. The summed E-state index contributed by atoms with van der Waals surface area (Å²) < 4.78 is 41.9. The summed E-state index contributed by atoms with van der Waals surface area (Å²) in [6.07, 6.45) is -4.66. The van der Waals surface area contributed by atoms with Gasteiger partial charge in [0.05, 0.1) is 6.54 Å². The summed E-state index contributed by atoms with van der Waals surface area (Å²) in [5.74, 6) is -4.21. The summed E-state index contributed by atoms with van der Waals surface area (Å²) in [6, 6.07) is 4.46. The fraction of sp³-hybridized carbons (Fsp3) is 0.250. The minimum atomic E-state index is -4.85. The fourth-order valence-corrected chi connectivity index (χ4v) is 4.73. The van der Waals surface area contributed by atoms with Crippen LogP contribution in [0.25, 0.3) is 4.96 Å². The van der Waals surface area contributed by atoms with E-state index in [1.165, 1.54) is 17.0 Å². The largest absolute Gasteiger partial charge is 0.573 e. The summed E-state index contributed by atoms with van der Waals surface area (Å²) in [5.41, 5.74) is -0.973. The number of carbonyl (C=O) groups excluding carboxylic acids is 2. The number of aromatic nitrogens is 2. The first-order valence-corrected chi connectivity index (χ1v) is 10.7. The second-order valence-electron chi connectivity index (χ2n) is 7.33. The Kier molecular flexibility index (Phi) is 6.10. The van der Waals surface area contributed by atoms with Gasteiger partial charge in [-0.2, -0.15) is 4.98 Å². The van der Waals surface area contributed by atoms with E-state index < -0.39 is 53.4 Å². The molecule has 1 aromatic carbocycles. The molecule has 0 fully saturated rings. The van der Waals surface area contributed by atoms with E-state index in [1.54, 1.807) is 0 Å². The molecule has 15 heteroatoms. The summed E-state index contributed by atoms with van der Waals surface area (Å²) in [7, 11) is 0. The molecule has 184 valence electrons. The molecule has 0 bridgehead atoms. The molecule has 0 radical (unpaired) electrons. The minimum Gasteiger partial charge on any atom is -0.492 e. The van der Waals surface area contributed by atoms with Gasteiger partial charge in [-0.25, -0.2) is 0 Å². The summed E-state index contributed by atoms with van der Waals surface area (Å²) in [5, 5.41) is 20.8. The highest BCUT2D eigenvalue weighted by Crippen LogP contribution is 2.30. The smallest absolute Gasteiger partial charge is 0.492 e. The number of hydrogen-bond donors (Lipinski definition) is 3. The van der Waals surface area contributed by atoms with Crippen molar-refractivity contribution in [3.8, 4) is 11.6 Å². The maximum atomic E-state index is 12.9. The van der Waals surface area contributed by atoms with E-state index in [2.05, 4.69) is 9.72 Å². The number of carboxylic acid groups (broad SMARTS) is 1. The van der Waals surface area contributed by atoms with Gasteiger partial charge in [-0.05, 0) is 24.3 Å². The Bertz CT molecular complexity index is 1400. The molecule has 0 saturated carbocycles. The van der Waals surface area contributed by atoms with Gasteiger partial charge in [0.15, 0.2) is 5.56 Å². The zero-order valence-corrected chi connectivity index (χ0v) is 18.3. The topological polar surface area (TPSA) is 151 Å². The van der Waals surface area contributed by atoms with E-state index in [9.17, 15) is 37.5 Å². The third-order valence-corrected chi connectivity index (χ3v) is 6.11. The number of carboxylic acids is 1. The first-order chi connectivity index (χ1) is 16.4. The molecule has 4 rings (SSSR count). The Hall–Kier alpha value is -4.14. The number of nitrogens with one attached hydrogen (secondary N) is 1. The van der Waals surface area contributed by atoms with Gasteiger partial charge < -0.3 is 25.2 Å². The van der Waals surface area contributed by atoms with E-state index in [0.717, 1.165) is 27.9 Å². The van der Waals surface area contributed by atoms with Crippen LogP contribution in [0.15, 0.2) is 29.1 Å². The van der Waals surface area contributed by atoms with Crippen molar-refractivity contribution < 1.29 is 42.5 Å². The van der Waals surface area contributed by atoms with Crippen molar-refractivity contribution in [2.24, 2.45) is 0 Å². The van der Waals surface area contributed by atoms with Crippen molar-refractivity contribution >= 4 is 34.1 Å². The van der Waals surface area contributed by atoms with Crippen molar-refractivity contribution in [2.75, 3.05) is 13.1 Å². The Balaban J connectivity index is 1.59. The van der Waals surface area contributed by atoms with Crippen LogP contribution in [-0.2, 0) is 17.8 Å². The molecule has 35 heavy (non-hydrogen) atoms. The zero-order valence-electron chi connectivity index (χ0n) is 17.5. The van der Waals surface area contributed by atoms with Crippen LogP contribution >= 0.6 is 11.3 Å². The lowest BCUT2D eigenvalue weighted by molar-refractivity contribution is -0.274. The second kappa shape index (κ2) is 8.90. The van der Waals surface area contributed by atoms with Gasteiger partial charge in [0, 0.05) is 29.1 Å².